The molecule has 192 valence electrons. The summed E-state index contributed by atoms with van der Waals surface area (Å²) >= 11 is 0. The van der Waals surface area contributed by atoms with Gasteiger partial charge in [-0.25, -0.2) is 4.79 Å². The summed E-state index contributed by atoms with van der Waals surface area (Å²) in [6, 6.07) is 6.42. The average molecular weight is 488 g/mol. The number of hydrogen-bond donors (Lipinski definition) is 0. The molecule has 2 heterocycles. The molecular formula is C26H37N3O6. The number of benzene rings is 1. The number of nitrogens with zero attached hydrogens (tertiary/aromatic N) is 3. The van der Waals surface area contributed by atoms with Gasteiger partial charge in [-0.3, -0.25) is 14.4 Å². The van der Waals surface area contributed by atoms with Crippen molar-refractivity contribution in [3.63, 3.8) is 0 Å². The van der Waals surface area contributed by atoms with E-state index < -0.39 is 12.0 Å². The Morgan fingerprint density at radius 3 is 2.43 bits per heavy atom. The van der Waals surface area contributed by atoms with E-state index in [1.165, 1.54) is 14.0 Å². The van der Waals surface area contributed by atoms with Crippen molar-refractivity contribution in [2.45, 2.75) is 46.1 Å². The summed E-state index contributed by atoms with van der Waals surface area (Å²) in [5, 5.41) is 0. The molecule has 9 nitrogen and oxygen atoms in total. The first kappa shape index (κ1) is 26.5. The average Bonchev–Trinajstić information content (AvgIpc) is 2.84. The summed E-state index contributed by atoms with van der Waals surface area (Å²) in [6.45, 7) is 8.19. The maximum atomic E-state index is 13.1. The summed E-state index contributed by atoms with van der Waals surface area (Å²) in [6.07, 6.45) is 2.21. The number of esters is 1. The molecule has 3 amide bonds. The molecule has 35 heavy (non-hydrogen) atoms. The van der Waals surface area contributed by atoms with E-state index in [1.807, 2.05) is 18.7 Å². The predicted octanol–water partition coefficient (Wildman–Crippen LogP) is 2.20. The maximum Gasteiger partial charge on any atom is 0.337 e. The number of piperidine rings is 1. The second kappa shape index (κ2) is 12.0. The number of methoxy groups -OCH3 is 1. The minimum atomic E-state index is -0.491. The van der Waals surface area contributed by atoms with Crippen molar-refractivity contribution in [1.29, 1.82) is 0 Å². The van der Waals surface area contributed by atoms with Crippen molar-refractivity contribution in [2.75, 3.05) is 46.4 Å². The van der Waals surface area contributed by atoms with Crippen LogP contribution in [0.2, 0.25) is 0 Å². The van der Waals surface area contributed by atoms with Crippen LogP contribution >= 0.6 is 0 Å². The number of likely N-dealkylation sites (tertiary alicyclic amines) is 1. The second-order valence-corrected chi connectivity index (χ2v) is 9.77. The molecule has 0 bridgehead atoms. The van der Waals surface area contributed by atoms with Crippen molar-refractivity contribution in [1.82, 2.24) is 14.7 Å². The van der Waals surface area contributed by atoms with Crippen molar-refractivity contribution >= 4 is 23.7 Å². The lowest BCUT2D eigenvalue weighted by molar-refractivity contribution is -0.154. The van der Waals surface area contributed by atoms with Crippen LogP contribution in [0.5, 0.6) is 5.75 Å². The van der Waals surface area contributed by atoms with Crippen LogP contribution < -0.4 is 4.74 Å². The number of rotatable bonds is 8. The number of piperazine rings is 1. The zero-order chi connectivity index (χ0) is 25.5. The number of ether oxygens (including phenoxy) is 2. The van der Waals surface area contributed by atoms with E-state index in [0.29, 0.717) is 56.4 Å². The van der Waals surface area contributed by atoms with Crippen molar-refractivity contribution in [3.8, 4) is 5.75 Å². The van der Waals surface area contributed by atoms with Crippen molar-refractivity contribution in [2.24, 2.45) is 11.8 Å². The zero-order valence-electron chi connectivity index (χ0n) is 21.2. The molecule has 1 unspecified atom stereocenters. The first-order valence-corrected chi connectivity index (χ1v) is 12.3. The van der Waals surface area contributed by atoms with Crippen LogP contribution in [0.1, 0.15) is 50.4 Å². The normalized spacial score (nSPS) is 19.2. The van der Waals surface area contributed by atoms with Gasteiger partial charge in [0.05, 0.1) is 25.8 Å². The minimum absolute atomic E-state index is 0.0527. The highest BCUT2D eigenvalue weighted by atomic mass is 16.5. The van der Waals surface area contributed by atoms with Gasteiger partial charge in [-0.15, -0.1) is 0 Å². The van der Waals surface area contributed by atoms with Gasteiger partial charge in [-0.2, -0.15) is 0 Å². The van der Waals surface area contributed by atoms with Crippen molar-refractivity contribution in [3.05, 3.63) is 29.8 Å². The molecule has 0 aromatic heterocycles. The molecule has 0 saturated carbocycles. The van der Waals surface area contributed by atoms with Gasteiger partial charge >= 0.3 is 5.97 Å². The molecule has 1 aromatic carbocycles. The van der Waals surface area contributed by atoms with Gasteiger partial charge in [0.25, 0.3) is 0 Å². The molecule has 0 spiro atoms. The first-order chi connectivity index (χ1) is 16.7. The van der Waals surface area contributed by atoms with Gasteiger partial charge in [-0.1, -0.05) is 19.9 Å². The third-order valence-corrected chi connectivity index (χ3v) is 6.72. The van der Waals surface area contributed by atoms with Gasteiger partial charge < -0.3 is 24.2 Å². The summed E-state index contributed by atoms with van der Waals surface area (Å²) in [7, 11) is 1.34. The van der Waals surface area contributed by atoms with E-state index >= 15 is 0 Å². The molecule has 2 aliphatic rings. The van der Waals surface area contributed by atoms with E-state index in [0.717, 1.165) is 12.8 Å². The Bertz CT molecular complexity index is 925. The van der Waals surface area contributed by atoms with Gasteiger partial charge in [0.15, 0.2) is 0 Å². The van der Waals surface area contributed by atoms with Crippen LogP contribution in [0.15, 0.2) is 24.3 Å². The highest BCUT2D eigenvalue weighted by molar-refractivity contribution is 5.91. The fourth-order valence-corrected chi connectivity index (χ4v) is 4.70. The van der Waals surface area contributed by atoms with Gasteiger partial charge in [-0.05, 0) is 49.3 Å². The van der Waals surface area contributed by atoms with Gasteiger partial charge in [0.2, 0.25) is 17.7 Å². The maximum absolute atomic E-state index is 13.1. The molecule has 0 radical (unpaired) electrons. The van der Waals surface area contributed by atoms with Crippen LogP contribution in [0, 0.1) is 11.8 Å². The molecule has 0 aliphatic carbocycles. The molecule has 3 rings (SSSR count). The zero-order valence-corrected chi connectivity index (χ0v) is 21.2. The van der Waals surface area contributed by atoms with Crippen LogP contribution in [-0.2, 0) is 19.1 Å². The van der Waals surface area contributed by atoms with E-state index in [2.05, 4.69) is 0 Å². The van der Waals surface area contributed by atoms with E-state index in [1.54, 1.807) is 34.1 Å². The molecule has 1 atom stereocenters. The standard InChI is InChI=1S/C26H37N3O6/c1-18(2)14-23-25(32)28(12-13-29(23)19(3)30)16-24(31)27-10-8-20(9-11-27)17-35-22-7-5-6-21(15-22)26(33)34-4/h5-7,15,18,20,23H,8-14,16-17H2,1-4H3. The Balaban J connectivity index is 1.47. The van der Waals surface area contributed by atoms with E-state index in [9.17, 15) is 19.2 Å². The molecule has 2 aliphatic heterocycles. The second-order valence-electron chi connectivity index (χ2n) is 9.77. The Hall–Kier alpha value is -3.10. The Labute approximate surface area is 207 Å². The fourth-order valence-electron chi connectivity index (χ4n) is 4.70. The lowest BCUT2D eigenvalue weighted by Gasteiger charge is -2.41. The Morgan fingerprint density at radius 2 is 1.80 bits per heavy atom. The number of carbonyl (C=O) groups excluding carboxylic acids is 4. The topological polar surface area (TPSA) is 96.5 Å². The van der Waals surface area contributed by atoms with E-state index in [4.69, 9.17) is 9.47 Å². The molecule has 2 fully saturated rings. The van der Waals surface area contributed by atoms with Crippen LogP contribution in [0.4, 0.5) is 0 Å². The number of hydrogen-bond acceptors (Lipinski definition) is 6. The smallest absolute Gasteiger partial charge is 0.337 e. The molecule has 0 N–H and O–H groups in total. The lowest BCUT2D eigenvalue weighted by Crippen LogP contribution is -2.60. The highest BCUT2D eigenvalue weighted by Gasteiger charge is 2.37. The summed E-state index contributed by atoms with van der Waals surface area (Å²) < 4.78 is 10.6. The molecule has 1 aromatic rings. The summed E-state index contributed by atoms with van der Waals surface area (Å²) in [4.78, 5) is 54.8. The van der Waals surface area contributed by atoms with Gasteiger partial charge in [0.1, 0.15) is 11.8 Å². The highest BCUT2D eigenvalue weighted by Crippen LogP contribution is 2.22. The summed E-state index contributed by atoms with van der Waals surface area (Å²) in [5.74, 6) is 0.498. The largest absolute Gasteiger partial charge is 0.493 e. The molecule has 2 saturated heterocycles. The van der Waals surface area contributed by atoms with E-state index in [-0.39, 0.29) is 30.2 Å². The SMILES string of the molecule is COC(=O)c1cccc(OCC2CCN(C(=O)CN3CCN(C(C)=O)C(CC(C)C)C3=O)CC2)c1. The Kier molecular flexibility index (Phi) is 9.12. The minimum Gasteiger partial charge on any atom is -0.493 e. The molecule has 9 heteroatoms. The Morgan fingerprint density at radius 1 is 1.09 bits per heavy atom. The fraction of sp³-hybridized carbons (Fsp3) is 0.615. The quantitative estimate of drug-likeness (QED) is 0.522. The predicted molar refractivity (Wildman–Crippen MR) is 130 cm³/mol. The van der Waals surface area contributed by atoms with Crippen LogP contribution in [0.25, 0.3) is 0 Å². The van der Waals surface area contributed by atoms with Crippen LogP contribution in [-0.4, -0.2) is 90.9 Å². The van der Waals surface area contributed by atoms with Crippen molar-refractivity contribution < 1.29 is 28.7 Å². The molecular weight excluding hydrogens is 450 g/mol. The number of amides is 3. The lowest BCUT2D eigenvalue weighted by atomic mass is 9.97. The third kappa shape index (κ3) is 6.96. The third-order valence-electron chi connectivity index (χ3n) is 6.72. The van der Waals surface area contributed by atoms with Crippen LogP contribution in [0.3, 0.4) is 0 Å². The monoisotopic (exact) mass is 487 g/mol. The summed E-state index contributed by atoms with van der Waals surface area (Å²) in [5.41, 5.74) is 0.444. The van der Waals surface area contributed by atoms with Gasteiger partial charge in [0, 0.05) is 33.1 Å². The number of carbonyl (C=O) groups is 4. The first-order valence-electron chi connectivity index (χ1n) is 12.3.